The predicted octanol–water partition coefficient (Wildman–Crippen LogP) is 7.26. The van der Waals surface area contributed by atoms with E-state index < -0.39 is 18.4 Å². The van der Waals surface area contributed by atoms with Gasteiger partial charge in [-0.2, -0.15) is 0 Å². The number of unbranched alkanes of at least 4 members (excludes halogenated alkanes) is 3. The van der Waals surface area contributed by atoms with Crippen LogP contribution in [-0.2, 0) is 0 Å². The molecule has 0 aromatic heterocycles. The van der Waals surface area contributed by atoms with Crippen LogP contribution in [0.5, 0.6) is 0 Å². The summed E-state index contributed by atoms with van der Waals surface area (Å²) in [5.74, 6) is 0.747. The second-order valence-electron chi connectivity index (χ2n) is 7.55. The van der Waals surface area contributed by atoms with Crippen molar-refractivity contribution in [2.75, 3.05) is 13.1 Å². The van der Waals surface area contributed by atoms with Gasteiger partial charge in [0.2, 0.25) is 0 Å². The van der Waals surface area contributed by atoms with Gasteiger partial charge in [-0.25, -0.2) is 0 Å². The molecular weight excluding hydrogens is 385 g/mol. The zero-order valence-corrected chi connectivity index (χ0v) is 20.2. The molecule has 138 valence electrons. The number of rotatable bonds is 14. The normalized spacial score (nSPS) is 13.0. The van der Waals surface area contributed by atoms with Crippen LogP contribution in [0.25, 0.3) is 0 Å². The number of hydrogen-bond donors (Lipinski definition) is 0. The van der Waals surface area contributed by atoms with Gasteiger partial charge in [-0.15, -0.1) is 0 Å². The van der Waals surface area contributed by atoms with E-state index >= 15 is 0 Å². The molecule has 0 bridgehead atoms. The van der Waals surface area contributed by atoms with Crippen molar-refractivity contribution in [2.24, 2.45) is 5.92 Å². The molecule has 1 nitrogen and oxygen atoms in total. The Kier molecular flexibility index (Phi) is 13.8. The summed E-state index contributed by atoms with van der Waals surface area (Å²) < 4.78 is 6.72. The molecule has 0 saturated carbocycles. The van der Waals surface area contributed by atoms with Crippen LogP contribution in [0, 0.1) is 5.92 Å². The molecule has 0 aliphatic heterocycles. The van der Waals surface area contributed by atoms with Crippen LogP contribution < -0.4 is 0 Å². The molecule has 0 radical (unpaired) electrons. The van der Waals surface area contributed by atoms with Gasteiger partial charge in [0.15, 0.2) is 0 Å². The average molecular weight is 430 g/mol. The Morgan fingerprint density at radius 2 is 1.17 bits per heavy atom. The van der Waals surface area contributed by atoms with Crippen molar-refractivity contribution in [2.45, 2.75) is 100 Å². The van der Waals surface area contributed by atoms with Crippen molar-refractivity contribution in [3.05, 3.63) is 9.79 Å². The number of allylic oxidation sites excluding steroid dienone is 1. The summed E-state index contributed by atoms with van der Waals surface area (Å²) in [6.07, 6.45) is 11.1. The molecule has 0 atom stereocenters. The number of nitrogens with zero attached hydrogens (tertiary/aromatic N) is 1. The maximum atomic E-state index is 2.64. The monoisotopic (exact) mass is 431 g/mol. The summed E-state index contributed by atoms with van der Waals surface area (Å²) in [5.41, 5.74) is 0. The Morgan fingerprint density at radius 3 is 1.43 bits per heavy atom. The van der Waals surface area contributed by atoms with Crippen molar-refractivity contribution in [3.8, 4) is 0 Å². The molecule has 23 heavy (non-hydrogen) atoms. The fraction of sp³-hybridized carbons (Fsp3) is 0.905. The van der Waals surface area contributed by atoms with Gasteiger partial charge in [0.1, 0.15) is 0 Å². The summed E-state index contributed by atoms with van der Waals surface area (Å²) in [7, 11) is 0. The molecule has 2 heteroatoms. The SMILES string of the molecule is CCC[CH2][Sn]([CH2]CCC)([CH2]CCC)/[C](=C/N(CC)CC)C(C)C. The number of hydrogen-bond acceptors (Lipinski definition) is 1. The van der Waals surface area contributed by atoms with Crippen LogP contribution in [0.4, 0.5) is 0 Å². The van der Waals surface area contributed by atoms with Crippen molar-refractivity contribution in [1.29, 1.82) is 0 Å². The zero-order valence-electron chi connectivity index (χ0n) is 17.4. The molecule has 0 aromatic rings. The van der Waals surface area contributed by atoms with Crippen molar-refractivity contribution in [1.82, 2.24) is 4.90 Å². The molecule has 0 aliphatic rings. The first-order valence-corrected chi connectivity index (χ1v) is 18.0. The van der Waals surface area contributed by atoms with E-state index in [2.05, 4.69) is 59.6 Å². The van der Waals surface area contributed by atoms with E-state index in [1.165, 1.54) is 38.5 Å². The Hall–Kier alpha value is 0.339. The molecule has 0 amide bonds. The quantitative estimate of drug-likeness (QED) is 0.262. The van der Waals surface area contributed by atoms with Gasteiger partial charge in [0.05, 0.1) is 0 Å². The molecule has 0 fully saturated rings. The third-order valence-electron chi connectivity index (χ3n) is 5.40. The zero-order chi connectivity index (χ0) is 17.7. The van der Waals surface area contributed by atoms with Crippen molar-refractivity contribution < 1.29 is 0 Å². The molecule has 0 aliphatic carbocycles. The van der Waals surface area contributed by atoms with E-state index in [-0.39, 0.29) is 0 Å². The fourth-order valence-electron chi connectivity index (χ4n) is 3.85. The van der Waals surface area contributed by atoms with Crippen LogP contribution in [0.15, 0.2) is 9.79 Å². The van der Waals surface area contributed by atoms with Crippen molar-refractivity contribution in [3.63, 3.8) is 0 Å². The first-order valence-electron chi connectivity index (χ1n) is 10.5. The maximum absolute atomic E-state index is 2.64. The Balaban J connectivity index is 5.72. The Bertz CT molecular complexity index is 283. The van der Waals surface area contributed by atoms with E-state index in [1.807, 2.05) is 3.59 Å². The van der Waals surface area contributed by atoms with Gasteiger partial charge in [0.25, 0.3) is 0 Å². The van der Waals surface area contributed by atoms with Crippen LogP contribution in [0.3, 0.4) is 0 Å². The average Bonchev–Trinajstić information content (AvgIpc) is 2.56. The van der Waals surface area contributed by atoms with Gasteiger partial charge >= 0.3 is 152 Å². The standard InChI is InChI=1S/C9H18N.3C4H9.Sn/c1-5-10(6-2)8-7-9(3)4;3*1-3-4-2;/h8-9H,5-6H2,1-4H3;3*1,3-4H2,2H3;. The molecule has 0 N–H and O–H groups in total. The molecule has 0 heterocycles. The van der Waals surface area contributed by atoms with E-state index in [9.17, 15) is 0 Å². The molecule has 0 rings (SSSR count). The summed E-state index contributed by atoms with van der Waals surface area (Å²) in [6, 6.07) is 0. The fourth-order valence-corrected chi connectivity index (χ4v) is 22.1. The van der Waals surface area contributed by atoms with Gasteiger partial charge in [0, 0.05) is 0 Å². The Morgan fingerprint density at radius 1 is 0.783 bits per heavy atom. The summed E-state index contributed by atoms with van der Waals surface area (Å²) in [6.45, 7) is 19.0. The molecule has 0 spiro atoms. The predicted molar refractivity (Wildman–Crippen MR) is 111 cm³/mol. The van der Waals surface area contributed by atoms with Crippen LogP contribution in [0.2, 0.25) is 13.3 Å². The van der Waals surface area contributed by atoms with Gasteiger partial charge in [-0.05, 0) is 0 Å². The third kappa shape index (κ3) is 8.31. The second-order valence-corrected chi connectivity index (χ2v) is 20.8. The molecule has 0 unspecified atom stereocenters. The molecule has 0 saturated heterocycles. The van der Waals surface area contributed by atoms with Crippen molar-refractivity contribution >= 4 is 18.4 Å². The molecule has 0 aromatic carbocycles. The minimum absolute atomic E-state index is 0.747. The first-order chi connectivity index (χ1) is 11.0. The van der Waals surface area contributed by atoms with E-state index in [0.29, 0.717) is 0 Å². The van der Waals surface area contributed by atoms with Crippen LogP contribution >= 0.6 is 0 Å². The summed E-state index contributed by atoms with van der Waals surface area (Å²) >= 11 is -2.23. The van der Waals surface area contributed by atoms with Crippen LogP contribution in [-0.4, -0.2) is 36.4 Å². The van der Waals surface area contributed by atoms with Gasteiger partial charge in [-0.3, -0.25) is 0 Å². The summed E-state index contributed by atoms with van der Waals surface area (Å²) in [4.78, 5) is 2.56. The molecular formula is C21H45NSn. The van der Waals surface area contributed by atoms with Gasteiger partial charge < -0.3 is 0 Å². The topological polar surface area (TPSA) is 3.24 Å². The van der Waals surface area contributed by atoms with E-state index in [1.54, 1.807) is 13.3 Å². The van der Waals surface area contributed by atoms with Crippen LogP contribution in [0.1, 0.15) is 87.0 Å². The Labute approximate surface area is 152 Å². The van der Waals surface area contributed by atoms with Gasteiger partial charge in [-0.1, -0.05) is 0 Å². The minimum atomic E-state index is -2.23. The summed E-state index contributed by atoms with van der Waals surface area (Å²) in [5, 5.41) is 0. The van der Waals surface area contributed by atoms with E-state index in [0.717, 1.165) is 19.0 Å². The van der Waals surface area contributed by atoms with E-state index in [4.69, 9.17) is 0 Å². The second kappa shape index (κ2) is 13.6. The third-order valence-corrected chi connectivity index (χ3v) is 22.1. The first kappa shape index (κ1) is 23.3.